The normalized spacial score (nSPS) is 20.9. The van der Waals surface area contributed by atoms with Crippen LogP contribution in [-0.2, 0) is 4.79 Å². The van der Waals surface area contributed by atoms with Gasteiger partial charge in [0.2, 0.25) is 0 Å². The van der Waals surface area contributed by atoms with Gasteiger partial charge in [0.15, 0.2) is 5.78 Å². The molecule has 0 radical (unpaired) electrons. The Morgan fingerprint density at radius 1 is 1.38 bits per heavy atom. The molecule has 1 rings (SSSR count). The van der Waals surface area contributed by atoms with E-state index in [1.807, 2.05) is 0 Å². The van der Waals surface area contributed by atoms with E-state index in [1.165, 1.54) is 0 Å². The molecule has 0 aromatic heterocycles. The van der Waals surface area contributed by atoms with E-state index < -0.39 is 5.54 Å². The molecular weight excluding hydrogens is 162 g/mol. The molecule has 76 valence electrons. The van der Waals surface area contributed by atoms with Crippen LogP contribution in [-0.4, -0.2) is 11.3 Å². The summed E-state index contributed by atoms with van der Waals surface area (Å²) in [7, 11) is 0. The van der Waals surface area contributed by atoms with E-state index in [9.17, 15) is 4.79 Å². The molecule has 2 N–H and O–H groups in total. The van der Waals surface area contributed by atoms with Gasteiger partial charge in [-0.2, -0.15) is 0 Å². The molecule has 0 aliphatic heterocycles. The van der Waals surface area contributed by atoms with Crippen molar-refractivity contribution in [1.29, 1.82) is 0 Å². The number of carbonyl (C=O) groups excluding carboxylic acids is 1. The maximum absolute atomic E-state index is 11.7. The number of ketones is 1. The van der Waals surface area contributed by atoms with E-state index in [4.69, 9.17) is 5.73 Å². The van der Waals surface area contributed by atoms with Gasteiger partial charge in [0, 0.05) is 6.42 Å². The number of hydrogen-bond acceptors (Lipinski definition) is 2. The molecule has 1 saturated carbocycles. The predicted octanol–water partition coefficient (Wildman–Crippen LogP) is 2.26. The molecule has 0 bridgehead atoms. The summed E-state index contributed by atoms with van der Waals surface area (Å²) >= 11 is 0. The van der Waals surface area contributed by atoms with Gasteiger partial charge < -0.3 is 5.73 Å². The molecule has 0 amide bonds. The third-order valence-corrected chi connectivity index (χ3v) is 2.90. The third-order valence-electron chi connectivity index (χ3n) is 2.90. The molecule has 0 unspecified atom stereocenters. The molecule has 0 spiro atoms. The van der Waals surface area contributed by atoms with E-state index >= 15 is 0 Å². The Hall–Kier alpha value is -0.370. The summed E-state index contributed by atoms with van der Waals surface area (Å²) in [6.45, 7) is 6.47. The molecule has 0 aromatic rings. The zero-order chi connectivity index (χ0) is 10.1. The van der Waals surface area contributed by atoms with E-state index in [1.54, 1.807) is 0 Å². The first kappa shape index (κ1) is 10.7. The lowest BCUT2D eigenvalue weighted by molar-refractivity contribution is -0.127. The summed E-state index contributed by atoms with van der Waals surface area (Å²) < 4.78 is 0. The molecule has 0 atom stereocenters. The standard InChI is InChI=1S/C11H21NO/c1-10(2,3)8-5-9(13)11(12)6-4-7-11/h4-8,12H2,1-3H3. The quantitative estimate of drug-likeness (QED) is 0.729. The first-order valence-electron chi connectivity index (χ1n) is 5.16. The average molecular weight is 183 g/mol. The Kier molecular flexibility index (Phi) is 2.81. The van der Waals surface area contributed by atoms with Gasteiger partial charge >= 0.3 is 0 Å². The van der Waals surface area contributed by atoms with Gasteiger partial charge in [-0.3, -0.25) is 4.79 Å². The van der Waals surface area contributed by atoms with Crippen molar-refractivity contribution in [2.75, 3.05) is 0 Å². The molecular formula is C11H21NO. The molecule has 1 fully saturated rings. The predicted molar refractivity (Wildman–Crippen MR) is 54.5 cm³/mol. The Morgan fingerprint density at radius 2 is 1.92 bits per heavy atom. The van der Waals surface area contributed by atoms with Crippen molar-refractivity contribution in [2.24, 2.45) is 11.1 Å². The second kappa shape index (κ2) is 3.41. The van der Waals surface area contributed by atoms with Gasteiger partial charge in [0.1, 0.15) is 0 Å². The minimum atomic E-state index is -0.439. The van der Waals surface area contributed by atoms with Crippen LogP contribution in [0.5, 0.6) is 0 Å². The number of rotatable bonds is 3. The summed E-state index contributed by atoms with van der Waals surface area (Å²) in [6.07, 6.45) is 4.52. The van der Waals surface area contributed by atoms with Crippen molar-refractivity contribution in [2.45, 2.75) is 58.4 Å². The number of Topliss-reactive ketones (excluding diaryl/α,β-unsaturated/α-hetero) is 1. The fourth-order valence-electron chi connectivity index (χ4n) is 1.57. The van der Waals surface area contributed by atoms with Crippen LogP contribution in [0, 0.1) is 5.41 Å². The highest BCUT2D eigenvalue weighted by atomic mass is 16.1. The highest BCUT2D eigenvalue weighted by molar-refractivity contribution is 5.89. The van der Waals surface area contributed by atoms with Gasteiger partial charge in [0.05, 0.1) is 5.54 Å². The van der Waals surface area contributed by atoms with Gasteiger partial charge in [-0.15, -0.1) is 0 Å². The average Bonchev–Trinajstić information content (AvgIpc) is 1.94. The van der Waals surface area contributed by atoms with Crippen LogP contribution in [0.3, 0.4) is 0 Å². The fourth-order valence-corrected chi connectivity index (χ4v) is 1.57. The maximum Gasteiger partial charge on any atom is 0.152 e. The number of hydrogen-bond donors (Lipinski definition) is 1. The van der Waals surface area contributed by atoms with Gasteiger partial charge in [-0.25, -0.2) is 0 Å². The monoisotopic (exact) mass is 183 g/mol. The van der Waals surface area contributed by atoms with E-state index in [2.05, 4.69) is 20.8 Å². The maximum atomic E-state index is 11.7. The van der Waals surface area contributed by atoms with Crippen LogP contribution in [0.15, 0.2) is 0 Å². The minimum absolute atomic E-state index is 0.246. The smallest absolute Gasteiger partial charge is 0.152 e. The van der Waals surface area contributed by atoms with Crippen LogP contribution in [0.4, 0.5) is 0 Å². The fraction of sp³-hybridized carbons (Fsp3) is 0.909. The summed E-state index contributed by atoms with van der Waals surface area (Å²) in [4.78, 5) is 11.7. The van der Waals surface area contributed by atoms with Crippen molar-refractivity contribution in [3.05, 3.63) is 0 Å². The van der Waals surface area contributed by atoms with Crippen molar-refractivity contribution in [3.8, 4) is 0 Å². The number of nitrogens with two attached hydrogens (primary N) is 1. The van der Waals surface area contributed by atoms with Crippen molar-refractivity contribution < 1.29 is 4.79 Å². The molecule has 2 heteroatoms. The van der Waals surface area contributed by atoms with Crippen LogP contribution in [0.25, 0.3) is 0 Å². The van der Waals surface area contributed by atoms with Crippen molar-refractivity contribution in [3.63, 3.8) is 0 Å². The van der Waals surface area contributed by atoms with Crippen LogP contribution in [0.2, 0.25) is 0 Å². The summed E-state index contributed by atoms with van der Waals surface area (Å²) in [5, 5.41) is 0. The highest BCUT2D eigenvalue weighted by Crippen LogP contribution is 2.32. The Balaban J connectivity index is 2.34. The molecule has 0 saturated heterocycles. The molecule has 13 heavy (non-hydrogen) atoms. The summed E-state index contributed by atoms with van der Waals surface area (Å²) in [6, 6.07) is 0. The Morgan fingerprint density at radius 3 is 2.23 bits per heavy atom. The second-order valence-electron chi connectivity index (χ2n) is 5.49. The molecule has 0 heterocycles. The minimum Gasteiger partial charge on any atom is -0.319 e. The lowest BCUT2D eigenvalue weighted by Crippen LogP contribution is -2.53. The molecule has 1 aliphatic rings. The van der Waals surface area contributed by atoms with E-state index in [-0.39, 0.29) is 11.2 Å². The lowest BCUT2D eigenvalue weighted by atomic mass is 9.72. The van der Waals surface area contributed by atoms with Gasteiger partial charge in [-0.1, -0.05) is 20.8 Å². The third kappa shape index (κ3) is 2.80. The summed E-state index contributed by atoms with van der Waals surface area (Å²) in [5.41, 5.74) is 5.73. The molecule has 0 aromatic carbocycles. The van der Waals surface area contributed by atoms with Gasteiger partial charge in [0.25, 0.3) is 0 Å². The second-order valence-corrected chi connectivity index (χ2v) is 5.49. The largest absolute Gasteiger partial charge is 0.319 e. The van der Waals surface area contributed by atoms with Crippen molar-refractivity contribution >= 4 is 5.78 Å². The first-order valence-corrected chi connectivity index (χ1v) is 5.16. The van der Waals surface area contributed by atoms with E-state index in [0.717, 1.165) is 25.7 Å². The van der Waals surface area contributed by atoms with Crippen LogP contribution < -0.4 is 5.73 Å². The van der Waals surface area contributed by atoms with Crippen LogP contribution >= 0.6 is 0 Å². The lowest BCUT2D eigenvalue weighted by Gasteiger charge is -2.37. The van der Waals surface area contributed by atoms with E-state index in [0.29, 0.717) is 6.42 Å². The number of carbonyl (C=O) groups is 1. The molecule has 2 nitrogen and oxygen atoms in total. The Bertz CT molecular complexity index is 199. The summed E-state index contributed by atoms with van der Waals surface area (Å²) in [5.74, 6) is 0.272. The zero-order valence-corrected chi connectivity index (χ0v) is 9.02. The van der Waals surface area contributed by atoms with Crippen molar-refractivity contribution in [1.82, 2.24) is 0 Å². The first-order chi connectivity index (χ1) is 5.83. The molecule has 1 aliphatic carbocycles. The van der Waals surface area contributed by atoms with Crippen LogP contribution in [0.1, 0.15) is 52.9 Å². The Labute approximate surface area is 80.9 Å². The topological polar surface area (TPSA) is 43.1 Å². The zero-order valence-electron chi connectivity index (χ0n) is 9.02. The SMILES string of the molecule is CC(C)(C)CCC(=O)C1(N)CCC1. The highest BCUT2D eigenvalue weighted by Gasteiger charge is 2.39. The van der Waals surface area contributed by atoms with Gasteiger partial charge in [-0.05, 0) is 31.1 Å².